The molecule has 0 fully saturated rings. The van der Waals surface area contributed by atoms with Gasteiger partial charge in [0.2, 0.25) is 0 Å². The van der Waals surface area contributed by atoms with Gasteiger partial charge in [-0.25, -0.2) is 0 Å². The number of H-pyrrole nitrogens is 1. The first-order chi connectivity index (χ1) is 8.40. The summed E-state index contributed by atoms with van der Waals surface area (Å²) in [6.45, 7) is 3.78. The molecule has 1 aromatic heterocycles. The van der Waals surface area contributed by atoms with Crippen molar-refractivity contribution in [3.8, 4) is 0 Å². The molecule has 0 saturated heterocycles. The second-order valence-corrected chi connectivity index (χ2v) is 3.85. The Hall–Kier alpha value is -2.09. The molecule has 2 aromatic rings. The number of hydrogen-bond donors (Lipinski definition) is 1. The fraction of sp³-hybridized carbons (Fsp3) is 0.133. The van der Waals surface area contributed by atoms with Crippen LogP contribution in [0.3, 0.4) is 0 Å². The smallest absolute Gasteiger partial charge is 0.0931 e. The average Bonchev–Trinajstić information content (AvgIpc) is 2.89. The summed E-state index contributed by atoms with van der Waals surface area (Å²) >= 11 is 0. The third-order valence-electron chi connectivity index (χ3n) is 2.57. The van der Waals surface area contributed by atoms with Crippen molar-refractivity contribution in [3.63, 3.8) is 0 Å². The molecule has 0 aliphatic rings. The Bertz CT molecular complexity index is 469. The molecule has 0 radical (unpaired) electrons. The van der Waals surface area contributed by atoms with Crippen LogP contribution in [-0.4, -0.2) is 11.2 Å². The highest BCUT2D eigenvalue weighted by atomic mass is 14.8. The van der Waals surface area contributed by atoms with Crippen molar-refractivity contribution >= 4 is 6.21 Å². The predicted molar refractivity (Wildman–Crippen MR) is 72.4 cm³/mol. The van der Waals surface area contributed by atoms with E-state index in [-0.39, 0.29) is 6.04 Å². The lowest BCUT2D eigenvalue weighted by Crippen LogP contribution is -1.95. The molecule has 0 saturated carbocycles. The van der Waals surface area contributed by atoms with Crippen LogP contribution in [0.1, 0.15) is 23.7 Å². The van der Waals surface area contributed by atoms with Gasteiger partial charge in [-0.3, -0.25) is 4.99 Å². The molecule has 2 rings (SSSR count). The van der Waals surface area contributed by atoms with Crippen molar-refractivity contribution in [2.75, 3.05) is 0 Å². The molecular weight excluding hydrogens is 208 g/mol. The van der Waals surface area contributed by atoms with E-state index in [1.807, 2.05) is 54.9 Å². The van der Waals surface area contributed by atoms with Crippen molar-refractivity contribution in [3.05, 3.63) is 72.6 Å². The molecule has 0 aliphatic heterocycles. The van der Waals surface area contributed by atoms with Gasteiger partial charge < -0.3 is 4.98 Å². The van der Waals surface area contributed by atoms with Gasteiger partial charge in [0.1, 0.15) is 0 Å². The van der Waals surface area contributed by atoms with Crippen LogP contribution in [0, 0.1) is 0 Å². The number of aromatic amines is 1. The Morgan fingerprint density at radius 1 is 1.18 bits per heavy atom. The Balaban J connectivity index is 2.13. The van der Waals surface area contributed by atoms with Crippen molar-refractivity contribution in [1.29, 1.82) is 0 Å². The zero-order chi connectivity index (χ0) is 11.9. The van der Waals surface area contributed by atoms with Gasteiger partial charge in [-0.2, -0.15) is 0 Å². The number of hydrogen-bond acceptors (Lipinski definition) is 1. The summed E-state index contributed by atoms with van der Waals surface area (Å²) in [6, 6.07) is 14.3. The zero-order valence-corrected chi connectivity index (χ0v) is 9.71. The molecule has 86 valence electrons. The van der Waals surface area contributed by atoms with Gasteiger partial charge >= 0.3 is 0 Å². The van der Waals surface area contributed by atoms with Crippen LogP contribution in [0.25, 0.3) is 0 Å². The van der Waals surface area contributed by atoms with E-state index >= 15 is 0 Å². The monoisotopic (exact) mass is 224 g/mol. The van der Waals surface area contributed by atoms with Crippen LogP contribution >= 0.6 is 0 Å². The van der Waals surface area contributed by atoms with E-state index < -0.39 is 0 Å². The van der Waals surface area contributed by atoms with Crippen LogP contribution in [0.2, 0.25) is 0 Å². The Kier molecular flexibility index (Phi) is 3.92. The van der Waals surface area contributed by atoms with Crippen molar-refractivity contribution in [2.24, 2.45) is 4.99 Å². The summed E-state index contributed by atoms with van der Waals surface area (Å²) in [5.41, 5.74) is 2.24. The quantitative estimate of drug-likeness (QED) is 0.592. The van der Waals surface area contributed by atoms with Crippen LogP contribution in [-0.2, 0) is 0 Å². The maximum atomic E-state index is 4.60. The van der Waals surface area contributed by atoms with Gasteiger partial charge in [-0.05, 0) is 24.1 Å². The van der Waals surface area contributed by atoms with Gasteiger partial charge in [0.15, 0.2) is 0 Å². The maximum Gasteiger partial charge on any atom is 0.0931 e. The lowest BCUT2D eigenvalue weighted by Gasteiger charge is -2.07. The third kappa shape index (κ3) is 3.18. The minimum Gasteiger partial charge on any atom is -0.363 e. The Morgan fingerprint density at radius 2 is 2.00 bits per heavy atom. The molecule has 0 aliphatic carbocycles. The maximum absolute atomic E-state index is 4.60. The summed E-state index contributed by atoms with van der Waals surface area (Å²) in [4.78, 5) is 7.80. The minimum absolute atomic E-state index is 0.128. The molecule has 1 atom stereocenters. The molecule has 2 heteroatoms. The third-order valence-corrected chi connectivity index (χ3v) is 2.57. The summed E-state index contributed by atoms with van der Waals surface area (Å²) in [7, 11) is 0. The van der Waals surface area contributed by atoms with E-state index in [0.717, 1.165) is 17.7 Å². The fourth-order valence-corrected chi connectivity index (χ4v) is 1.69. The summed E-state index contributed by atoms with van der Waals surface area (Å²) in [5, 5.41) is 0. The lowest BCUT2D eigenvalue weighted by molar-refractivity contribution is 0.726. The van der Waals surface area contributed by atoms with E-state index in [9.17, 15) is 0 Å². The van der Waals surface area contributed by atoms with Crippen molar-refractivity contribution in [1.82, 2.24) is 4.98 Å². The highest BCUT2D eigenvalue weighted by Gasteiger charge is 2.07. The second kappa shape index (κ2) is 5.85. The van der Waals surface area contributed by atoms with Crippen molar-refractivity contribution < 1.29 is 0 Å². The Morgan fingerprint density at radius 3 is 2.65 bits per heavy atom. The van der Waals surface area contributed by atoms with E-state index in [2.05, 4.69) is 22.6 Å². The van der Waals surface area contributed by atoms with Gasteiger partial charge in [-0.1, -0.05) is 36.4 Å². The highest BCUT2D eigenvalue weighted by molar-refractivity contribution is 5.79. The molecular formula is C15H16N2. The first kappa shape index (κ1) is 11.4. The fourth-order valence-electron chi connectivity index (χ4n) is 1.69. The van der Waals surface area contributed by atoms with Gasteiger partial charge in [0.05, 0.1) is 6.04 Å². The van der Waals surface area contributed by atoms with Crippen LogP contribution < -0.4 is 0 Å². The molecule has 1 aromatic carbocycles. The van der Waals surface area contributed by atoms with E-state index in [1.54, 1.807) is 0 Å². The molecule has 1 heterocycles. The largest absolute Gasteiger partial charge is 0.363 e. The molecule has 0 unspecified atom stereocenters. The first-order valence-corrected chi connectivity index (χ1v) is 5.72. The predicted octanol–water partition coefficient (Wildman–Crippen LogP) is 3.75. The zero-order valence-electron chi connectivity index (χ0n) is 9.71. The average molecular weight is 224 g/mol. The SMILES string of the molecule is C=CC[C@H](N=Cc1ccccc1)c1ccc[nH]1. The lowest BCUT2D eigenvalue weighted by atomic mass is 10.1. The number of aliphatic imine (C=N–C) groups is 1. The second-order valence-electron chi connectivity index (χ2n) is 3.85. The number of nitrogens with one attached hydrogen (secondary N) is 1. The van der Waals surface area contributed by atoms with E-state index in [0.29, 0.717) is 0 Å². The first-order valence-electron chi connectivity index (χ1n) is 5.72. The van der Waals surface area contributed by atoms with Crippen LogP contribution in [0.15, 0.2) is 66.3 Å². The minimum atomic E-state index is 0.128. The standard InChI is InChI=1S/C15H16N2/c1-2-7-14(15-10-6-11-16-15)17-12-13-8-4-3-5-9-13/h2-6,8-12,14,16H,1,7H2/t14-/m0/s1. The van der Waals surface area contributed by atoms with Crippen LogP contribution in [0.5, 0.6) is 0 Å². The van der Waals surface area contributed by atoms with Crippen LogP contribution in [0.4, 0.5) is 0 Å². The topological polar surface area (TPSA) is 28.1 Å². The number of rotatable bonds is 5. The van der Waals surface area contributed by atoms with E-state index in [1.165, 1.54) is 0 Å². The molecule has 1 N–H and O–H groups in total. The molecule has 17 heavy (non-hydrogen) atoms. The molecule has 0 amide bonds. The summed E-state index contributed by atoms with van der Waals surface area (Å²) in [6.07, 6.45) is 6.57. The van der Waals surface area contributed by atoms with Crippen molar-refractivity contribution in [2.45, 2.75) is 12.5 Å². The summed E-state index contributed by atoms with van der Waals surface area (Å²) in [5.74, 6) is 0. The van der Waals surface area contributed by atoms with Gasteiger partial charge in [0, 0.05) is 18.1 Å². The molecule has 0 bridgehead atoms. The highest BCUT2D eigenvalue weighted by Crippen LogP contribution is 2.19. The number of benzene rings is 1. The summed E-state index contributed by atoms with van der Waals surface area (Å²) < 4.78 is 0. The van der Waals surface area contributed by atoms with E-state index in [4.69, 9.17) is 0 Å². The van der Waals surface area contributed by atoms with Gasteiger partial charge in [0.25, 0.3) is 0 Å². The number of aromatic nitrogens is 1. The Labute approximate surface area is 102 Å². The molecule has 0 spiro atoms. The molecule has 2 nitrogen and oxygen atoms in total. The number of nitrogens with zero attached hydrogens (tertiary/aromatic N) is 1. The van der Waals surface area contributed by atoms with Gasteiger partial charge in [-0.15, -0.1) is 6.58 Å². The normalized spacial score (nSPS) is 12.7.